The highest BCUT2D eigenvalue weighted by atomic mass is 35.5. The maximum atomic E-state index is 12.6. The summed E-state index contributed by atoms with van der Waals surface area (Å²) >= 11 is 6.09. The Morgan fingerprint density at radius 2 is 1.96 bits per heavy atom. The van der Waals surface area contributed by atoms with Crippen molar-refractivity contribution in [1.82, 2.24) is 15.5 Å². The summed E-state index contributed by atoms with van der Waals surface area (Å²) in [7, 11) is 0. The molecule has 2 heterocycles. The summed E-state index contributed by atoms with van der Waals surface area (Å²) in [4.78, 5) is 39.3. The fourth-order valence-corrected chi connectivity index (χ4v) is 3.88. The minimum absolute atomic E-state index is 0.0159. The third kappa shape index (κ3) is 4.67. The lowest BCUT2D eigenvalue weighted by atomic mass is 9.90. The van der Waals surface area contributed by atoms with Crippen LogP contribution in [0.2, 0.25) is 5.02 Å². The third-order valence-corrected chi connectivity index (χ3v) is 5.84. The number of aliphatic carboxylic acids is 1. The van der Waals surface area contributed by atoms with Crippen LogP contribution in [0.1, 0.15) is 24.8 Å². The van der Waals surface area contributed by atoms with E-state index in [4.69, 9.17) is 16.7 Å². The summed E-state index contributed by atoms with van der Waals surface area (Å²) in [6, 6.07) is 5.53. The lowest BCUT2D eigenvalue weighted by molar-refractivity contribution is -0.139. The number of halogens is 1. The van der Waals surface area contributed by atoms with Crippen LogP contribution in [0.5, 0.6) is 0 Å². The van der Waals surface area contributed by atoms with E-state index in [0.717, 1.165) is 29.4 Å². The Kier molecular flexibility index (Phi) is 5.98. The van der Waals surface area contributed by atoms with Gasteiger partial charge in [0.2, 0.25) is 5.91 Å². The molecule has 9 heteroatoms. The van der Waals surface area contributed by atoms with Crippen LogP contribution in [-0.2, 0) is 9.59 Å². The Hall–Kier alpha value is -2.48. The van der Waals surface area contributed by atoms with Gasteiger partial charge >= 0.3 is 12.0 Å². The van der Waals surface area contributed by atoms with E-state index in [2.05, 4.69) is 15.5 Å². The fourth-order valence-electron chi connectivity index (χ4n) is 3.76. The van der Waals surface area contributed by atoms with Crippen LogP contribution in [0.4, 0.5) is 10.5 Å². The second-order valence-electron chi connectivity index (χ2n) is 7.46. The minimum atomic E-state index is -0.997. The zero-order valence-corrected chi connectivity index (χ0v) is 16.6. The fraction of sp³-hybridized carbons (Fsp3) is 0.526. The van der Waals surface area contributed by atoms with Gasteiger partial charge in [-0.1, -0.05) is 11.6 Å². The minimum Gasteiger partial charge on any atom is -0.481 e. The largest absolute Gasteiger partial charge is 0.481 e. The number of nitrogens with zero attached hydrogens (tertiary/aromatic N) is 2. The molecule has 2 fully saturated rings. The number of anilines is 1. The van der Waals surface area contributed by atoms with Crippen LogP contribution in [0, 0.1) is 6.92 Å². The number of carboxylic acids is 1. The van der Waals surface area contributed by atoms with E-state index in [9.17, 15) is 14.4 Å². The van der Waals surface area contributed by atoms with Gasteiger partial charge < -0.3 is 25.5 Å². The van der Waals surface area contributed by atoms with E-state index in [-0.39, 0.29) is 31.3 Å². The molecule has 8 nitrogen and oxygen atoms in total. The number of aryl methyl sites for hydroxylation is 1. The summed E-state index contributed by atoms with van der Waals surface area (Å²) in [5.74, 6) is -1.01. The van der Waals surface area contributed by atoms with Crippen LogP contribution in [0.15, 0.2) is 18.2 Å². The number of carboxylic acid groups (broad SMARTS) is 1. The SMILES string of the molecule is Cc1cc(N2CCN(C(=O)CCC3(CC(=O)O)CNC(=O)N3)CC2)ccc1Cl. The van der Waals surface area contributed by atoms with E-state index in [1.54, 1.807) is 4.90 Å². The van der Waals surface area contributed by atoms with Gasteiger partial charge in [0, 0.05) is 49.9 Å². The molecule has 28 heavy (non-hydrogen) atoms. The third-order valence-electron chi connectivity index (χ3n) is 5.41. The molecular weight excluding hydrogens is 384 g/mol. The molecule has 2 saturated heterocycles. The van der Waals surface area contributed by atoms with Crippen LogP contribution in [-0.4, -0.2) is 66.2 Å². The number of amides is 3. The van der Waals surface area contributed by atoms with E-state index in [1.165, 1.54) is 0 Å². The number of hydrogen-bond donors (Lipinski definition) is 3. The Morgan fingerprint density at radius 1 is 1.25 bits per heavy atom. The van der Waals surface area contributed by atoms with Gasteiger partial charge in [-0.05, 0) is 37.1 Å². The summed E-state index contributed by atoms with van der Waals surface area (Å²) in [5.41, 5.74) is 1.21. The first kappa shape index (κ1) is 20.3. The van der Waals surface area contributed by atoms with Crippen molar-refractivity contribution in [1.29, 1.82) is 0 Å². The van der Waals surface area contributed by atoms with Crippen molar-refractivity contribution in [3.05, 3.63) is 28.8 Å². The summed E-state index contributed by atoms with van der Waals surface area (Å²) in [5, 5.41) is 15.1. The van der Waals surface area contributed by atoms with Crippen LogP contribution in [0.3, 0.4) is 0 Å². The molecule has 0 spiro atoms. The molecule has 3 rings (SSSR count). The van der Waals surface area contributed by atoms with E-state index < -0.39 is 11.5 Å². The smallest absolute Gasteiger partial charge is 0.315 e. The van der Waals surface area contributed by atoms with Gasteiger partial charge in [-0.25, -0.2) is 4.79 Å². The molecule has 0 aliphatic carbocycles. The topological polar surface area (TPSA) is 102 Å². The molecule has 2 aliphatic heterocycles. The molecule has 3 amide bonds. The molecule has 152 valence electrons. The van der Waals surface area contributed by atoms with Gasteiger partial charge in [0.25, 0.3) is 0 Å². The van der Waals surface area contributed by atoms with Crippen LogP contribution >= 0.6 is 11.6 Å². The highest BCUT2D eigenvalue weighted by Crippen LogP contribution is 2.25. The van der Waals surface area contributed by atoms with Crippen molar-refractivity contribution in [2.75, 3.05) is 37.6 Å². The first-order valence-electron chi connectivity index (χ1n) is 9.35. The average Bonchev–Trinajstić information content (AvgIpc) is 3.02. The highest BCUT2D eigenvalue weighted by molar-refractivity contribution is 6.31. The molecule has 0 bridgehead atoms. The normalized spacial score (nSPS) is 22.0. The monoisotopic (exact) mass is 408 g/mol. The maximum absolute atomic E-state index is 12.6. The first-order valence-corrected chi connectivity index (χ1v) is 9.72. The van der Waals surface area contributed by atoms with Crippen molar-refractivity contribution in [3.63, 3.8) is 0 Å². The van der Waals surface area contributed by atoms with E-state index >= 15 is 0 Å². The van der Waals surface area contributed by atoms with Crippen molar-refractivity contribution < 1.29 is 19.5 Å². The lowest BCUT2D eigenvalue weighted by Gasteiger charge is -2.37. The molecule has 1 aromatic rings. The zero-order chi connectivity index (χ0) is 20.3. The summed E-state index contributed by atoms with van der Waals surface area (Å²) in [6.07, 6.45) is 0.297. The van der Waals surface area contributed by atoms with E-state index in [0.29, 0.717) is 19.5 Å². The number of hydrogen-bond acceptors (Lipinski definition) is 4. The van der Waals surface area contributed by atoms with Crippen molar-refractivity contribution >= 4 is 35.2 Å². The molecule has 1 atom stereocenters. The van der Waals surface area contributed by atoms with E-state index in [1.807, 2.05) is 25.1 Å². The highest BCUT2D eigenvalue weighted by Gasteiger charge is 2.40. The molecule has 3 N–H and O–H groups in total. The maximum Gasteiger partial charge on any atom is 0.315 e. The van der Waals surface area contributed by atoms with Gasteiger partial charge in [-0.15, -0.1) is 0 Å². The Labute approximate surface area is 168 Å². The van der Waals surface area contributed by atoms with Crippen molar-refractivity contribution in [2.45, 2.75) is 31.7 Å². The van der Waals surface area contributed by atoms with Crippen molar-refractivity contribution in [2.24, 2.45) is 0 Å². The number of urea groups is 1. The second kappa shape index (κ2) is 8.26. The molecule has 0 saturated carbocycles. The predicted molar refractivity (Wildman–Crippen MR) is 106 cm³/mol. The molecule has 1 unspecified atom stereocenters. The standard InChI is InChI=1S/C19H25ClN4O4/c1-13-10-14(2-3-15(13)20)23-6-8-24(9-7-23)16(25)4-5-19(11-17(26)27)12-21-18(28)22-19/h2-3,10H,4-9,11-12H2,1H3,(H,26,27)(H2,21,22,28). The zero-order valence-electron chi connectivity index (χ0n) is 15.8. The first-order chi connectivity index (χ1) is 13.3. The van der Waals surface area contributed by atoms with Gasteiger partial charge in [0.05, 0.1) is 12.0 Å². The lowest BCUT2D eigenvalue weighted by Crippen LogP contribution is -2.50. The number of carbonyl (C=O) groups excluding carboxylic acids is 2. The second-order valence-corrected chi connectivity index (χ2v) is 7.87. The Balaban J connectivity index is 1.52. The van der Waals surface area contributed by atoms with Crippen LogP contribution < -0.4 is 15.5 Å². The molecule has 0 radical (unpaired) electrons. The molecule has 1 aromatic carbocycles. The Bertz CT molecular complexity index is 779. The molecular formula is C19H25ClN4O4. The summed E-state index contributed by atoms with van der Waals surface area (Å²) in [6.45, 7) is 4.86. The Morgan fingerprint density at radius 3 is 2.54 bits per heavy atom. The number of piperazine rings is 1. The number of rotatable bonds is 6. The average molecular weight is 409 g/mol. The van der Waals surface area contributed by atoms with Gasteiger partial charge in [-0.3, -0.25) is 9.59 Å². The quantitative estimate of drug-likeness (QED) is 0.663. The molecule has 0 aromatic heterocycles. The van der Waals surface area contributed by atoms with Gasteiger partial charge in [0.15, 0.2) is 0 Å². The predicted octanol–water partition coefficient (Wildman–Crippen LogP) is 1.60. The number of carbonyl (C=O) groups is 3. The number of benzene rings is 1. The van der Waals surface area contributed by atoms with Gasteiger partial charge in [-0.2, -0.15) is 0 Å². The van der Waals surface area contributed by atoms with Crippen molar-refractivity contribution in [3.8, 4) is 0 Å². The molecule has 2 aliphatic rings. The van der Waals surface area contributed by atoms with Crippen LogP contribution in [0.25, 0.3) is 0 Å². The van der Waals surface area contributed by atoms with Gasteiger partial charge in [0.1, 0.15) is 0 Å². The number of nitrogens with one attached hydrogen (secondary N) is 2. The summed E-state index contributed by atoms with van der Waals surface area (Å²) < 4.78 is 0.